The van der Waals surface area contributed by atoms with Crippen molar-refractivity contribution in [3.05, 3.63) is 17.0 Å². The van der Waals surface area contributed by atoms with Crippen LogP contribution in [0.5, 0.6) is 0 Å². The summed E-state index contributed by atoms with van der Waals surface area (Å²) < 4.78 is 5.21. The highest BCUT2D eigenvalue weighted by atomic mass is 16.5. The van der Waals surface area contributed by atoms with Crippen LogP contribution in [-0.4, -0.2) is 57.8 Å². The Labute approximate surface area is 132 Å². The lowest BCUT2D eigenvalue weighted by atomic mass is 9.90. The largest absolute Gasteiger partial charge is 0.480 e. The zero-order chi connectivity index (χ0) is 16.3. The lowest BCUT2D eigenvalue weighted by molar-refractivity contribution is -0.154. The molecule has 2 heterocycles. The number of aromatic nitrogens is 1. The maximum Gasteiger partial charge on any atom is 0.324 e. The van der Waals surface area contributed by atoms with Gasteiger partial charge in [0.15, 0.2) is 0 Å². The fraction of sp³-hybridized carbons (Fsp3) is 0.750. The van der Waals surface area contributed by atoms with Gasteiger partial charge in [-0.25, -0.2) is 0 Å². The van der Waals surface area contributed by atoms with Gasteiger partial charge in [-0.3, -0.25) is 14.6 Å². The van der Waals surface area contributed by atoms with Crippen molar-refractivity contribution in [1.82, 2.24) is 15.0 Å². The summed E-state index contributed by atoms with van der Waals surface area (Å²) in [6, 6.07) is 0. The van der Waals surface area contributed by atoms with E-state index in [-0.39, 0.29) is 0 Å². The quantitative estimate of drug-likeness (QED) is 0.867. The van der Waals surface area contributed by atoms with E-state index >= 15 is 0 Å². The summed E-state index contributed by atoms with van der Waals surface area (Å²) in [7, 11) is 0. The number of aliphatic carboxylic acids is 1. The Bertz CT molecular complexity index is 495. The second-order valence-electron chi connectivity index (χ2n) is 6.11. The minimum absolute atomic E-state index is 0.642. The fourth-order valence-electron chi connectivity index (χ4n) is 3.42. The van der Waals surface area contributed by atoms with Crippen LogP contribution in [0.2, 0.25) is 0 Å². The van der Waals surface area contributed by atoms with Crippen LogP contribution in [0.3, 0.4) is 0 Å². The van der Waals surface area contributed by atoms with Crippen LogP contribution in [0.15, 0.2) is 4.52 Å². The molecule has 0 atom stereocenters. The maximum atomic E-state index is 11.7. The molecule has 0 aromatic carbocycles. The van der Waals surface area contributed by atoms with E-state index in [9.17, 15) is 9.90 Å². The Morgan fingerprint density at radius 1 is 1.23 bits per heavy atom. The molecule has 0 bridgehead atoms. The van der Waals surface area contributed by atoms with E-state index in [0.717, 1.165) is 49.7 Å². The van der Waals surface area contributed by atoms with E-state index < -0.39 is 11.5 Å². The molecule has 124 valence electrons. The Morgan fingerprint density at radius 2 is 1.82 bits per heavy atom. The summed E-state index contributed by atoms with van der Waals surface area (Å²) in [5.41, 5.74) is 1.39. The Kier molecular flexibility index (Phi) is 5.24. The first-order chi connectivity index (χ1) is 10.4. The van der Waals surface area contributed by atoms with Crippen molar-refractivity contribution < 1.29 is 14.4 Å². The molecule has 0 unspecified atom stereocenters. The first-order valence-electron chi connectivity index (χ1n) is 8.07. The zero-order valence-electron chi connectivity index (χ0n) is 14.1. The number of carboxylic acids is 1. The van der Waals surface area contributed by atoms with Gasteiger partial charge in [0.05, 0.1) is 5.69 Å². The van der Waals surface area contributed by atoms with Gasteiger partial charge in [-0.05, 0) is 26.7 Å². The first kappa shape index (κ1) is 17.0. The van der Waals surface area contributed by atoms with E-state index in [2.05, 4.69) is 15.0 Å². The Balaban J connectivity index is 1.99. The standard InChI is InChI=1S/C16H27N3O3/c1-5-16(6-2,15(20)21)19-9-7-18(8-10-19)11-14-12(3)17-22-13(14)4/h5-11H2,1-4H3,(H,20,21). The van der Waals surface area contributed by atoms with Crippen molar-refractivity contribution in [1.29, 1.82) is 0 Å². The second-order valence-corrected chi connectivity index (χ2v) is 6.11. The highest BCUT2D eigenvalue weighted by Crippen LogP contribution is 2.26. The fourth-order valence-corrected chi connectivity index (χ4v) is 3.42. The van der Waals surface area contributed by atoms with Crippen molar-refractivity contribution >= 4 is 5.97 Å². The average molecular weight is 309 g/mol. The monoisotopic (exact) mass is 309 g/mol. The number of aryl methyl sites for hydroxylation is 2. The summed E-state index contributed by atoms with van der Waals surface area (Å²) in [4.78, 5) is 16.2. The van der Waals surface area contributed by atoms with E-state index in [1.807, 2.05) is 27.7 Å². The van der Waals surface area contributed by atoms with Gasteiger partial charge >= 0.3 is 5.97 Å². The van der Waals surface area contributed by atoms with Crippen LogP contribution in [-0.2, 0) is 11.3 Å². The molecular formula is C16H27N3O3. The van der Waals surface area contributed by atoms with Crippen molar-refractivity contribution in [2.45, 2.75) is 52.6 Å². The molecule has 0 radical (unpaired) electrons. The summed E-state index contributed by atoms with van der Waals surface area (Å²) in [5, 5.41) is 13.6. The lowest BCUT2D eigenvalue weighted by Gasteiger charge is -2.44. The number of hydrogen-bond acceptors (Lipinski definition) is 5. The summed E-state index contributed by atoms with van der Waals surface area (Å²) in [6.45, 7) is 12.0. The van der Waals surface area contributed by atoms with Crippen molar-refractivity contribution in [3.8, 4) is 0 Å². The van der Waals surface area contributed by atoms with Gasteiger partial charge in [0.2, 0.25) is 0 Å². The van der Waals surface area contributed by atoms with Crippen LogP contribution in [0.25, 0.3) is 0 Å². The van der Waals surface area contributed by atoms with Gasteiger partial charge in [-0.15, -0.1) is 0 Å². The van der Waals surface area contributed by atoms with E-state index in [1.54, 1.807) is 0 Å². The van der Waals surface area contributed by atoms with Gasteiger partial charge in [0.1, 0.15) is 11.3 Å². The van der Waals surface area contributed by atoms with E-state index in [0.29, 0.717) is 12.8 Å². The van der Waals surface area contributed by atoms with Crippen LogP contribution < -0.4 is 0 Å². The highest BCUT2D eigenvalue weighted by Gasteiger charge is 2.42. The number of rotatable bonds is 6. The number of hydrogen-bond donors (Lipinski definition) is 1. The molecule has 1 aromatic rings. The molecule has 1 aromatic heterocycles. The van der Waals surface area contributed by atoms with Gasteiger partial charge < -0.3 is 9.63 Å². The second kappa shape index (κ2) is 6.79. The molecule has 6 nitrogen and oxygen atoms in total. The van der Waals surface area contributed by atoms with Crippen molar-refractivity contribution in [2.75, 3.05) is 26.2 Å². The highest BCUT2D eigenvalue weighted by molar-refractivity contribution is 5.78. The Morgan fingerprint density at radius 3 is 2.23 bits per heavy atom. The molecule has 1 aliphatic heterocycles. The molecule has 1 fully saturated rings. The normalized spacial score (nSPS) is 17.8. The summed E-state index contributed by atoms with van der Waals surface area (Å²) in [6.07, 6.45) is 1.28. The molecule has 1 N–H and O–H groups in total. The summed E-state index contributed by atoms with van der Waals surface area (Å²) in [5.74, 6) is 0.179. The smallest absolute Gasteiger partial charge is 0.324 e. The molecule has 0 saturated carbocycles. The van der Waals surface area contributed by atoms with Gasteiger partial charge in [0.25, 0.3) is 0 Å². The topological polar surface area (TPSA) is 69.8 Å². The van der Waals surface area contributed by atoms with E-state index in [4.69, 9.17) is 4.52 Å². The molecule has 2 rings (SSSR count). The molecule has 22 heavy (non-hydrogen) atoms. The Hall–Kier alpha value is -1.40. The van der Waals surface area contributed by atoms with E-state index in [1.165, 1.54) is 0 Å². The lowest BCUT2D eigenvalue weighted by Crippen LogP contribution is -2.60. The van der Waals surface area contributed by atoms with Crippen molar-refractivity contribution in [3.63, 3.8) is 0 Å². The molecule has 1 saturated heterocycles. The molecule has 1 aliphatic rings. The van der Waals surface area contributed by atoms with Crippen LogP contribution in [0.1, 0.15) is 43.7 Å². The number of piperazine rings is 1. The maximum absolute atomic E-state index is 11.7. The predicted molar refractivity (Wildman–Crippen MR) is 83.8 cm³/mol. The third-order valence-corrected chi connectivity index (χ3v) is 5.11. The van der Waals surface area contributed by atoms with Crippen LogP contribution in [0.4, 0.5) is 0 Å². The third-order valence-electron chi connectivity index (χ3n) is 5.11. The van der Waals surface area contributed by atoms with Crippen LogP contribution in [0, 0.1) is 13.8 Å². The zero-order valence-corrected chi connectivity index (χ0v) is 14.1. The molecule has 0 amide bonds. The predicted octanol–water partition coefficient (Wildman–Crippen LogP) is 2.05. The average Bonchev–Trinajstić information content (AvgIpc) is 2.82. The summed E-state index contributed by atoms with van der Waals surface area (Å²) >= 11 is 0. The SMILES string of the molecule is CCC(CC)(C(=O)O)N1CCN(Cc2c(C)noc2C)CC1. The minimum atomic E-state index is -0.713. The minimum Gasteiger partial charge on any atom is -0.480 e. The molecule has 0 aliphatic carbocycles. The number of nitrogens with zero attached hydrogens (tertiary/aromatic N) is 3. The number of carboxylic acid groups (broad SMARTS) is 1. The third kappa shape index (κ3) is 3.03. The van der Waals surface area contributed by atoms with Gasteiger partial charge in [-0.1, -0.05) is 19.0 Å². The first-order valence-corrected chi connectivity index (χ1v) is 8.07. The molecular weight excluding hydrogens is 282 g/mol. The molecule has 0 spiro atoms. The molecule has 6 heteroatoms. The van der Waals surface area contributed by atoms with Gasteiger partial charge in [0, 0.05) is 38.3 Å². The number of carbonyl (C=O) groups is 1. The van der Waals surface area contributed by atoms with Gasteiger partial charge in [-0.2, -0.15) is 0 Å². The van der Waals surface area contributed by atoms with Crippen molar-refractivity contribution in [2.24, 2.45) is 0 Å². The van der Waals surface area contributed by atoms with Crippen LogP contribution >= 0.6 is 0 Å².